The van der Waals surface area contributed by atoms with E-state index in [2.05, 4.69) is 36.3 Å². The zero-order chi connectivity index (χ0) is 13.7. The third-order valence-corrected chi connectivity index (χ3v) is 4.01. The summed E-state index contributed by atoms with van der Waals surface area (Å²) in [6.07, 6.45) is 1.03. The van der Waals surface area contributed by atoms with E-state index in [1.54, 1.807) is 11.3 Å². The van der Waals surface area contributed by atoms with Crippen molar-refractivity contribution in [2.45, 2.75) is 26.8 Å². The Morgan fingerprint density at radius 2 is 2.00 bits per heavy atom. The Labute approximate surface area is 118 Å². The van der Waals surface area contributed by atoms with Crippen molar-refractivity contribution in [2.75, 3.05) is 13.7 Å². The Kier molecular flexibility index (Phi) is 4.93. The van der Waals surface area contributed by atoms with Crippen LogP contribution in [0.4, 0.5) is 0 Å². The first kappa shape index (κ1) is 14.0. The molecule has 0 aliphatic heterocycles. The van der Waals surface area contributed by atoms with Crippen LogP contribution >= 0.6 is 11.3 Å². The van der Waals surface area contributed by atoms with Gasteiger partial charge in [0, 0.05) is 17.0 Å². The Bertz CT molecular complexity index is 519. The molecule has 0 amide bonds. The highest BCUT2D eigenvalue weighted by atomic mass is 32.1. The molecule has 1 heterocycles. The smallest absolute Gasteiger partial charge is 0.123 e. The molecule has 0 bridgehead atoms. The third-order valence-electron chi connectivity index (χ3n) is 2.80. The lowest BCUT2D eigenvalue weighted by Gasteiger charge is -2.04. The van der Waals surface area contributed by atoms with Gasteiger partial charge in [-0.3, -0.25) is 0 Å². The van der Waals surface area contributed by atoms with Crippen molar-refractivity contribution in [2.24, 2.45) is 0 Å². The first-order valence-corrected chi connectivity index (χ1v) is 7.40. The van der Waals surface area contributed by atoms with Crippen molar-refractivity contribution in [1.29, 1.82) is 0 Å². The van der Waals surface area contributed by atoms with Crippen molar-refractivity contribution in [3.63, 3.8) is 0 Å². The van der Waals surface area contributed by atoms with Gasteiger partial charge in [-0.1, -0.05) is 6.92 Å². The molecule has 0 aliphatic rings. The third kappa shape index (κ3) is 3.55. The molecule has 0 saturated carbocycles. The van der Waals surface area contributed by atoms with Gasteiger partial charge in [0.1, 0.15) is 10.8 Å². The average molecular weight is 276 g/mol. The molecule has 0 fully saturated rings. The van der Waals surface area contributed by atoms with Crippen molar-refractivity contribution in [3.8, 4) is 16.3 Å². The number of thiazole rings is 1. The zero-order valence-corrected chi connectivity index (χ0v) is 12.5. The van der Waals surface area contributed by atoms with Gasteiger partial charge >= 0.3 is 0 Å². The predicted octanol–water partition coefficient (Wildman–Crippen LogP) is 3.63. The molecule has 4 heteroatoms. The van der Waals surface area contributed by atoms with Crippen LogP contribution in [0.2, 0.25) is 0 Å². The van der Waals surface area contributed by atoms with Crippen molar-refractivity contribution >= 4 is 11.3 Å². The molecule has 0 radical (unpaired) electrons. The van der Waals surface area contributed by atoms with Gasteiger partial charge in [0.2, 0.25) is 0 Å². The molecule has 1 aromatic heterocycles. The molecule has 1 aromatic carbocycles. The van der Waals surface area contributed by atoms with Crippen LogP contribution in [-0.2, 0) is 6.54 Å². The maximum absolute atomic E-state index is 5.59. The normalized spacial score (nSPS) is 10.7. The molecule has 102 valence electrons. The maximum atomic E-state index is 5.59. The molecule has 2 rings (SSSR count). The van der Waals surface area contributed by atoms with E-state index in [4.69, 9.17) is 4.74 Å². The van der Waals surface area contributed by atoms with E-state index in [9.17, 15) is 0 Å². The molecule has 0 saturated heterocycles. The lowest BCUT2D eigenvalue weighted by molar-refractivity contribution is 0.317. The fourth-order valence-electron chi connectivity index (χ4n) is 1.79. The molecule has 0 atom stereocenters. The number of rotatable bonds is 6. The Hall–Kier alpha value is -1.39. The summed E-state index contributed by atoms with van der Waals surface area (Å²) in [7, 11) is 1.96. The number of hydrogen-bond acceptors (Lipinski definition) is 4. The minimum absolute atomic E-state index is 0.766. The minimum Gasteiger partial charge on any atom is -0.494 e. The Morgan fingerprint density at radius 1 is 1.26 bits per heavy atom. The van der Waals surface area contributed by atoms with Crippen LogP contribution in [-0.4, -0.2) is 18.6 Å². The summed E-state index contributed by atoms with van der Waals surface area (Å²) in [5, 5.41) is 4.25. The van der Waals surface area contributed by atoms with Crippen LogP contribution in [0.5, 0.6) is 5.75 Å². The fourth-order valence-corrected chi connectivity index (χ4v) is 2.87. The van der Waals surface area contributed by atoms with Crippen molar-refractivity contribution < 1.29 is 4.74 Å². The van der Waals surface area contributed by atoms with Gasteiger partial charge in [-0.2, -0.15) is 0 Å². The molecular formula is C15H20N2OS. The quantitative estimate of drug-likeness (QED) is 0.875. The van der Waals surface area contributed by atoms with Crippen LogP contribution in [0.1, 0.15) is 23.9 Å². The summed E-state index contributed by atoms with van der Waals surface area (Å²) in [6, 6.07) is 8.18. The van der Waals surface area contributed by atoms with Crippen molar-refractivity contribution in [1.82, 2.24) is 10.3 Å². The largest absolute Gasteiger partial charge is 0.494 e. The van der Waals surface area contributed by atoms with Gasteiger partial charge in [0.25, 0.3) is 0 Å². The monoisotopic (exact) mass is 276 g/mol. The summed E-state index contributed by atoms with van der Waals surface area (Å²) in [5.41, 5.74) is 2.26. The van der Waals surface area contributed by atoms with E-state index in [0.717, 1.165) is 41.6 Å². The highest BCUT2D eigenvalue weighted by molar-refractivity contribution is 7.15. The van der Waals surface area contributed by atoms with E-state index < -0.39 is 0 Å². The minimum atomic E-state index is 0.766. The lowest BCUT2D eigenvalue weighted by atomic mass is 10.2. The predicted molar refractivity (Wildman–Crippen MR) is 80.8 cm³/mol. The maximum Gasteiger partial charge on any atom is 0.123 e. The second kappa shape index (κ2) is 6.68. The molecular weight excluding hydrogens is 256 g/mol. The van der Waals surface area contributed by atoms with E-state index in [1.165, 1.54) is 4.88 Å². The number of nitrogens with zero attached hydrogens (tertiary/aromatic N) is 1. The number of aryl methyl sites for hydroxylation is 1. The van der Waals surface area contributed by atoms with Gasteiger partial charge in [-0.25, -0.2) is 4.98 Å². The van der Waals surface area contributed by atoms with E-state index in [-0.39, 0.29) is 0 Å². The second-order valence-corrected chi connectivity index (χ2v) is 5.51. The number of benzene rings is 1. The highest BCUT2D eigenvalue weighted by Crippen LogP contribution is 2.29. The molecule has 0 aliphatic carbocycles. The zero-order valence-electron chi connectivity index (χ0n) is 11.7. The second-order valence-electron chi connectivity index (χ2n) is 4.43. The number of ether oxygens (including phenoxy) is 1. The number of hydrogen-bond donors (Lipinski definition) is 1. The molecule has 1 N–H and O–H groups in total. The van der Waals surface area contributed by atoms with Crippen molar-refractivity contribution in [3.05, 3.63) is 34.8 Å². The first-order valence-electron chi connectivity index (χ1n) is 6.58. The molecule has 0 spiro atoms. The van der Waals surface area contributed by atoms with Gasteiger partial charge in [-0.15, -0.1) is 11.3 Å². The molecule has 19 heavy (non-hydrogen) atoms. The number of aromatic nitrogens is 1. The first-order chi connectivity index (χ1) is 9.24. The van der Waals surface area contributed by atoms with E-state index in [1.807, 2.05) is 19.2 Å². The number of nitrogens with one attached hydrogen (secondary N) is 1. The highest BCUT2D eigenvalue weighted by Gasteiger charge is 2.08. The Balaban J connectivity index is 2.15. The topological polar surface area (TPSA) is 34.1 Å². The summed E-state index contributed by atoms with van der Waals surface area (Å²) in [5.74, 6) is 0.925. The summed E-state index contributed by atoms with van der Waals surface area (Å²) >= 11 is 1.75. The van der Waals surface area contributed by atoms with Gasteiger partial charge in [-0.05, 0) is 44.7 Å². The van der Waals surface area contributed by atoms with Crippen LogP contribution in [0.25, 0.3) is 10.6 Å². The van der Waals surface area contributed by atoms with E-state index in [0.29, 0.717) is 0 Å². The standard InChI is InChI=1S/C15H20N2OS/c1-4-9-18-13-7-5-12(6-8-13)15-17-11(2)14(19-15)10-16-3/h5-8,16H,4,9-10H2,1-3H3. The van der Waals surface area contributed by atoms with E-state index >= 15 is 0 Å². The fraction of sp³-hybridized carbons (Fsp3) is 0.400. The van der Waals surface area contributed by atoms with Crippen LogP contribution in [0.3, 0.4) is 0 Å². The molecule has 2 aromatic rings. The molecule has 0 unspecified atom stereocenters. The Morgan fingerprint density at radius 3 is 2.63 bits per heavy atom. The van der Waals surface area contributed by atoms with Gasteiger partial charge in [0.05, 0.1) is 12.3 Å². The average Bonchev–Trinajstić information content (AvgIpc) is 2.79. The lowest BCUT2D eigenvalue weighted by Crippen LogP contribution is -2.04. The SMILES string of the molecule is CCCOc1ccc(-c2nc(C)c(CNC)s2)cc1. The molecule has 3 nitrogen and oxygen atoms in total. The van der Waals surface area contributed by atoms with Crippen LogP contribution < -0.4 is 10.1 Å². The van der Waals surface area contributed by atoms with Crippen LogP contribution in [0, 0.1) is 6.92 Å². The van der Waals surface area contributed by atoms with Gasteiger partial charge in [0.15, 0.2) is 0 Å². The summed E-state index contributed by atoms with van der Waals surface area (Å²) in [6.45, 7) is 5.81. The summed E-state index contributed by atoms with van der Waals surface area (Å²) in [4.78, 5) is 5.92. The van der Waals surface area contributed by atoms with Crippen LogP contribution in [0.15, 0.2) is 24.3 Å². The van der Waals surface area contributed by atoms with Gasteiger partial charge < -0.3 is 10.1 Å². The summed E-state index contributed by atoms with van der Waals surface area (Å²) < 4.78 is 5.59.